The molecule has 0 radical (unpaired) electrons. The second-order valence-corrected chi connectivity index (χ2v) is 1.38. The SMILES string of the molecule is C=C/C=C\C(N)=C/C.CC.CC. The Labute approximate surface area is 77.7 Å². The summed E-state index contributed by atoms with van der Waals surface area (Å²) in [6.45, 7) is 13.4. The van der Waals surface area contributed by atoms with Crippen LogP contribution in [-0.2, 0) is 0 Å². The highest BCUT2D eigenvalue weighted by Gasteiger charge is 1.70. The molecule has 0 unspecified atom stereocenters. The van der Waals surface area contributed by atoms with E-state index in [-0.39, 0.29) is 0 Å². The van der Waals surface area contributed by atoms with Gasteiger partial charge in [-0.25, -0.2) is 0 Å². The number of allylic oxidation sites excluding steroid dienone is 4. The van der Waals surface area contributed by atoms with Crippen LogP contribution in [0.4, 0.5) is 0 Å². The average molecular weight is 169 g/mol. The smallest absolute Gasteiger partial charge is 0.0270 e. The summed E-state index contributed by atoms with van der Waals surface area (Å²) in [5, 5.41) is 0. The lowest BCUT2D eigenvalue weighted by molar-refractivity contribution is 1.40. The zero-order valence-electron chi connectivity index (χ0n) is 9.09. The summed E-state index contributed by atoms with van der Waals surface area (Å²) >= 11 is 0. The van der Waals surface area contributed by atoms with Gasteiger partial charge >= 0.3 is 0 Å². The first kappa shape index (κ1) is 17.2. The van der Waals surface area contributed by atoms with Crippen LogP contribution in [-0.4, -0.2) is 0 Å². The Morgan fingerprint density at radius 2 is 1.58 bits per heavy atom. The maximum absolute atomic E-state index is 5.39. The molecule has 0 spiro atoms. The Hall–Kier alpha value is -0.980. The summed E-state index contributed by atoms with van der Waals surface area (Å²) in [4.78, 5) is 0. The molecule has 0 saturated carbocycles. The zero-order chi connectivity index (χ0) is 10.4. The third-order valence-corrected chi connectivity index (χ3v) is 0.758. The van der Waals surface area contributed by atoms with Gasteiger partial charge < -0.3 is 5.73 Å². The minimum absolute atomic E-state index is 0.768. The highest BCUT2D eigenvalue weighted by Crippen LogP contribution is 1.84. The van der Waals surface area contributed by atoms with Crippen molar-refractivity contribution in [3.8, 4) is 0 Å². The molecule has 0 bridgehead atoms. The van der Waals surface area contributed by atoms with Gasteiger partial charge in [0.15, 0.2) is 0 Å². The molecule has 0 aromatic rings. The first-order valence-electron chi connectivity index (χ1n) is 4.52. The third-order valence-electron chi connectivity index (χ3n) is 0.758. The van der Waals surface area contributed by atoms with Crippen molar-refractivity contribution in [2.45, 2.75) is 34.6 Å². The second-order valence-electron chi connectivity index (χ2n) is 1.38. The summed E-state index contributed by atoms with van der Waals surface area (Å²) in [6.07, 6.45) is 7.12. The van der Waals surface area contributed by atoms with E-state index in [4.69, 9.17) is 5.73 Å². The van der Waals surface area contributed by atoms with Gasteiger partial charge in [-0.1, -0.05) is 52.5 Å². The molecule has 0 atom stereocenters. The van der Waals surface area contributed by atoms with Gasteiger partial charge in [0.2, 0.25) is 0 Å². The lowest BCUT2D eigenvalue weighted by atomic mass is 10.4. The van der Waals surface area contributed by atoms with Crippen LogP contribution in [0.15, 0.2) is 36.6 Å². The van der Waals surface area contributed by atoms with E-state index in [1.165, 1.54) is 0 Å². The van der Waals surface area contributed by atoms with Gasteiger partial charge in [0, 0.05) is 5.70 Å². The van der Waals surface area contributed by atoms with Crippen LogP contribution in [0.1, 0.15) is 34.6 Å². The molecule has 1 nitrogen and oxygen atoms in total. The molecule has 0 saturated heterocycles. The number of hydrogen-bond acceptors (Lipinski definition) is 1. The Morgan fingerprint density at radius 1 is 1.17 bits per heavy atom. The molecule has 0 fully saturated rings. The van der Waals surface area contributed by atoms with Crippen LogP contribution < -0.4 is 5.73 Å². The zero-order valence-corrected chi connectivity index (χ0v) is 9.09. The fraction of sp³-hybridized carbons (Fsp3) is 0.455. The van der Waals surface area contributed by atoms with Crippen molar-refractivity contribution in [3.05, 3.63) is 36.6 Å². The highest BCUT2D eigenvalue weighted by molar-refractivity contribution is 5.17. The number of rotatable bonds is 2. The van der Waals surface area contributed by atoms with Gasteiger partial charge in [-0.3, -0.25) is 0 Å². The molecule has 2 N–H and O–H groups in total. The maximum atomic E-state index is 5.39. The predicted octanol–water partition coefficient (Wildman–Crippen LogP) is 3.64. The standard InChI is InChI=1S/C7H11N.2C2H6/c1-3-5-6-7(8)4-2;2*1-2/h3-6H,1,8H2,2H3;2*1-2H3/b6-5-,7-4+;;. The van der Waals surface area contributed by atoms with E-state index in [9.17, 15) is 0 Å². The van der Waals surface area contributed by atoms with Crippen LogP contribution in [0.3, 0.4) is 0 Å². The first-order valence-corrected chi connectivity index (χ1v) is 4.52. The molecule has 0 aliphatic heterocycles. The van der Waals surface area contributed by atoms with Crippen molar-refractivity contribution in [3.63, 3.8) is 0 Å². The minimum atomic E-state index is 0.768. The van der Waals surface area contributed by atoms with Crippen molar-refractivity contribution < 1.29 is 0 Å². The average Bonchev–Trinajstić information content (AvgIpc) is 2.20. The summed E-state index contributed by atoms with van der Waals surface area (Å²) < 4.78 is 0. The van der Waals surface area contributed by atoms with Crippen LogP contribution in [0, 0.1) is 0 Å². The molecule has 0 aromatic heterocycles. The number of hydrogen-bond donors (Lipinski definition) is 1. The molecular weight excluding hydrogens is 146 g/mol. The molecule has 1 heteroatoms. The first-order chi connectivity index (χ1) is 5.81. The van der Waals surface area contributed by atoms with E-state index < -0.39 is 0 Å². The van der Waals surface area contributed by atoms with Crippen LogP contribution >= 0.6 is 0 Å². The fourth-order valence-electron chi connectivity index (χ4n) is 0.275. The van der Waals surface area contributed by atoms with E-state index in [1.54, 1.807) is 18.2 Å². The molecular formula is C11H23N. The molecule has 0 aliphatic rings. The van der Waals surface area contributed by atoms with Gasteiger partial charge in [-0.15, -0.1) is 0 Å². The van der Waals surface area contributed by atoms with Crippen molar-refractivity contribution in [2.24, 2.45) is 5.73 Å². The Balaban J connectivity index is -0.000000175. The van der Waals surface area contributed by atoms with Gasteiger partial charge in [0.25, 0.3) is 0 Å². The van der Waals surface area contributed by atoms with Crippen molar-refractivity contribution in [1.29, 1.82) is 0 Å². The Bertz CT molecular complexity index is 121. The lowest BCUT2D eigenvalue weighted by Gasteiger charge is -1.83. The second kappa shape index (κ2) is 22.5. The van der Waals surface area contributed by atoms with E-state index in [2.05, 4.69) is 6.58 Å². The van der Waals surface area contributed by atoms with Crippen molar-refractivity contribution in [2.75, 3.05) is 0 Å². The van der Waals surface area contributed by atoms with E-state index in [0.717, 1.165) is 5.70 Å². The highest BCUT2D eigenvalue weighted by atomic mass is 14.5. The quantitative estimate of drug-likeness (QED) is 0.627. The minimum Gasteiger partial charge on any atom is -0.399 e. The van der Waals surface area contributed by atoms with Gasteiger partial charge in [-0.05, 0) is 13.0 Å². The van der Waals surface area contributed by atoms with Gasteiger partial charge in [0.05, 0.1) is 0 Å². The molecule has 0 heterocycles. The fourth-order valence-corrected chi connectivity index (χ4v) is 0.275. The molecule has 72 valence electrons. The largest absolute Gasteiger partial charge is 0.399 e. The summed E-state index contributed by atoms with van der Waals surface area (Å²) in [7, 11) is 0. The molecule has 0 amide bonds. The Morgan fingerprint density at radius 3 is 1.83 bits per heavy atom. The summed E-state index contributed by atoms with van der Waals surface area (Å²) in [6, 6.07) is 0. The monoisotopic (exact) mass is 169 g/mol. The maximum Gasteiger partial charge on any atom is 0.0270 e. The third kappa shape index (κ3) is 23.0. The molecule has 0 rings (SSSR count). The van der Waals surface area contributed by atoms with Crippen LogP contribution in [0.5, 0.6) is 0 Å². The number of nitrogens with two attached hydrogens (primary N) is 1. The molecule has 0 aromatic carbocycles. The topological polar surface area (TPSA) is 26.0 Å². The normalized spacial score (nSPS) is 9.25. The van der Waals surface area contributed by atoms with E-state index >= 15 is 0 Å². The van der Waals surface area contributed by atoms with Crippen molar-refractivity contribution >= 4 is 0 Å². The van der Waals surface area contributed by atoms with Crippen molar-refractivity contribution in [1.82, 2.24) is 0 Å². The summed E-state index contributed by atoms with van der Waals surface area (Å²) in [5.74, 6) is 0. The van der Waals surface area contributed by atoms with Crippen LogP contribution in [0.2, 0.25) is 0 Å². The lowest BCUT2D eigenvalue weighted by Crippen LogP contribution is -1.89. The summed E-state index contributed by atoms with van der Waals surface area (Å²) in [5.41, 5.74) is 6.15. The van der Waals surface area contributed by atoms with Gasteiger partial charge in [0.1, 0.15) is 0 Å². The van der Waals surface area contributed by atoms with Crippen LogP contribution in [0.25, 0.3) is 0 Å². The molecule has 12 heavy (non-hydrogen) atoms. The Kier molecular flexibility index (Phi) is 32.2. The van der Waals surface area contributed by atoms with E-state index in [0.29, 0.717) is 0 Å². The van der Waals surface area contributed by atoms with E-state index in [1.807, 2.05) is 40.7 Å². The molecule has 0 aliphatic carbocycles. The van der Waals surface area contributed by atoms with Gasteiger partial charge in [-0.2, -0.15) is 0 Å². The predicted molar refractivity (Wildman–Crippen MR) is 60.0 cm³/mol.